The van der Waals surface area contributed by atoms with Gasteiger partial charge in [-0.15, -0.1) is 0 Å². The molecule has 0 aromatic heterocycles. The first-order valence-electron chi connectivity index (χ1n) is 11.1. The summed E-state index contributed by atoms with van der Waals surface area (Å²) in [5.41, 5.74) is 1.95. The molecule has 3 aromatic carbocycles. The van der Waals surface area contributed by atoms with Gasteiger partial charge < -0.3 is 20.3 Å². The zero-order valence-electron chi connectivity index (χ0n) is 19.0. The third kappa shape index (κ3) is 5.60. The molecule has 3 aromatic rings. The van der Waals surface area contributed by atoms with Crippen LogP contribution >= 0.6 is 0 Å². The molecule has 0 spiro atoms. The van der Waals surface area contributed by atoms with Gasteiger partial charge in [-0.3, -0.25) is 4.72 Å². The summed E-state index contributed by atoms with van der Waals surface area (Å²) in [6, 6.07) is 20.4. The zero-order valence-corrected chi connectivity index (χ0v) is 19.8. The van der Waals surface area contributed by atoms with Crippen LogP contribution in [0.3, 0.4) is 0 Å². The SMILES string of the molecule is COc1ccccc1NS(=O)(=O)c1cc(NC(=O)Nc2ccccc2)ccc1N1CCCCC1. The number of methoxy groups -OCH3 is 1. The van der Waals surface area contributed by atoms with Crippen LogP contribution in [0.1, 0.15) is 19.3 Å². The highest BCUT2D eigenvalue weighted by Crippen LogP contribution is 2.33. The molecule has 178 valence electrons. The molecule has 0 atom stereocenters. The number of para-hydroxylation sites is 3. The van der Waals surface area contributed by atoms with Gasteiger partial charge in [-0.05, 0) is 61.7 Å². The lowest BCUT2D eigenvalue weighted by Crippen LogP contribution is -2.31. The van der Waals surface area contributed by atoms with E-state index in [1.165, 1.54) is 13.2 Å². The monoisotopic (exact) mass is 480 g/mol. The van der Waals surface area contributed by atoms with Crippen molar-refractivity contribution < 1.29 is 17.9 Å². The van der Waals surface area contributed by atoms with E-state index >= 15 is 0 Å². The Hall–Kier alpha value is -3.72. The van der Waals surface area contributed by atoms with E-state index in [-0.39, 0.29) is 4.90 Å². The van der Waals surface area contributed by atoms with Crippen LogP contribution in [0.5, 0.6) is 5.75 Å². The molecule has 2 amide bonds. The second-order valence-corrected chi connectivity index (χ2v) is 9.63. The second kappa shape index (κ2) is 10.5. The van der Waals surface area contributed by atoms with Crippen LogP contribution in [0.4, 0.5) is 27.5 Å². The normalized spacial score (nSPS) is 13.7. The van der Waals surface area contributed by atoms with Gasteiger partial charge in [0.25, 0.3) is 10.0 Å². The summed E-state index contributed by atoms with van der Waals surface area (Å²) < 4.78 is 35.0. The van der Waals surface area contributed by atoms with E-state index in [0.717, 1.165) is 32.4 Å². The molecule has 9 heteroatoms. The Balaban J connectivity index is 1.65. The fourth-order valence-corrected chi connectivity index (χ4v) is 5.27. The molecule has 0 saturated carbocycles. The third-order valence-electron chi connectivity index (χ3n) is 5.59. The van der Waals surface area contributed by atoms with Gasteiger partial charge in [-0.25, -0.2) is 13.2 Å². The minimum Gasteiger partial charge on any atom is -0.495 e. The third-order valence-corrected chi connectivity index (χ3v) is 6.98. The molecular formula is C25H28N4O4S. The summed E-state index contributed by atoms with van der Waals surface area (Å²) in [7, 11) is -2.50. The van der Waals surface area contributed by atoms with Crippen LogP contribution in [0, 0.1) is 0 Å². The van der Waals surface area contributed by atoms with Gasteiger partial charge in [0, 0.05) is 24.5 Å². The Morgan fingerprint density at radius 2 is 1.53 bits per heavy atom. The summed E-state index contributed by atoms with van der Waals surface area (Å²) in [5, 5.41) is 5.47. The minimum atomic E-state index is -3.99. The topological polar surface area (TPSA) is 99.8 Å². The lowest BCUT2D eigenvalue weighted by atomic mass is 10.1. The van der Waals surface area contributed by atoms with E-state index in [1.807, 2.05) is 18.2 Å². The molecule has 0 unspecified atom stereocenters. The van der Waals surface area contributed by atoms with Crippen molar-refractivity contribution in [2.45, 2.75) is 24.2 Å². The molecule has 0 bridgehead atoms. The number of carbonyl (C=O) groups excluding carboxylic acids is 1. The molecule has 1 heterocycles. The largest absolute Gasteiger partial charge is 0.495 e. The summed E-state index contributed by atoms with van der Waals surface area (Å²) in [6.07, 6.45) is 3.12. The van der Waals surface area contributed by atoms with Crippen molar-refractivity contribution in [1.29, 1.82) is 0 Å². The highest BCUT2D eigenvalue weighted by atomic mass is 32.2. The molecule has 1 aliphatic rings. The average Bonchev–Trinajstić information content (AvgIpc) is 2.85. The molecular weight excluding hydrogens is 452 g/mol. The van der Waals surface area contributed by atoms with E-state index in [9.17, 15) is 13.2 Å². The number of hydrogen-bond donors (Lipinski definition) is 3. The predicted octanol–water partition coefficient (Wildman–Crippen LogP) is 5.13. The second-order valence-electron chi connectivity index (χ2n) is 7.98. The maximum Gasteiger partial charge on any atom is 0.323 e. The van der Waals surface area contributed by atoms with Crippen molar-refractivity contribution in [1.82, 2.24) is 0 Å². The van der Waals surface area contributed by atoms with Crippen molar-refractivity contribution in [3.8, 4) is 5.75 Å². The summed E-state index contributed by atoms with van der Waals surface area (Å²) in [5.74, 6) is 0.419. The van der Waals surface area contributed by atoms with Crippen LogP contribution in [0.25, 0.3) is 0 Å². The van der Waals surface area contributed by atoms with Crippen LogP contribution in [-0.2, 0) is 10.0 Å². The highest BCUT2D eigenvalue weighted by molar-refractivity contribution is 7.93. The van der Waals surface area contributed by atoms with Gasteiger partial charge in [0.15, 0.2) is 0 Å². The zero-order chi connectivity index (χ0) is 24.0. The van der Waals surface area contributed by atoms with E-state index < -0.39 is 16.1 Å². The average molecular weight is 481 g/mol. The van der Waals surface area contributed by atoms with Crippen LogP contribution < -0.4 is 25.0 Å². The van der Waals surface area contributed by atoms with Gasteiger partial charge in [-0.2, -0.15) is 0 Å². The number of carbonyl (C=O) groups is 1. The fraction of sp³-hybridized carbons (Fsp3) is 0.240. The molecule has 1 fully saturated rings. The first-order chi connectivity index (χ1) is 16.5. The maximum absolute atomic E-state index is 13.5. The number of hydrogen-bond acceptors (Lipinski definition) is 5. The van der Waals surface area contributed by atoms with E-state index in [2.05, 4.69) is 20.3 Å². The van der Waals surface area contributed by atoms with Crippen LogP contribution in [-0.4, -0.2) is 34.6 Å². The molecule has 1 aliphatic heterocycles. The van der Waals surface area contributed by atoms with E-state index in [1.54, 1.807) is 48.5 Å². The van der Waals surface area contributed by atoms with Gasteiger partial charge in [-0.1, -0.05) is 30.3 Å². The molecule has 1 saturated heterocycles. The van der Waals surface area contributed by atoms with E-state index in [4.69, 9.17) is 4.74 Å². The summed E-state index contributed by atoms with van der Waals surface area (Å²) >= 11 is 0. The maximum atomic E-state index is 13.5. The number of nitrogens with one attached hydrogen (secondary N) is 3. The number of benzene rings is 3. The summed E-state index contributed by atoms with van der Waals surface area (Å²) in [6.45, 7) is 1.55. The Labute approximate surface area is 200 Å². The lowest BCUT2D eigenvalue weighted by Gasteiger charge is -2.30. The highest BCUT2D eigenvalue weighted by Gasteiger charge is 2.25. The fourth-order valence-electron chi connectivity index (χ4n) is 3.95. The Morgan fingerprint density at radius 1 is 0.853 bits per heavy atom. The first kappa shape index (κ1) is 23.4. The number of ether oxygens (including phenoxy) is 1. The van der Waals surface area contributed by atoms with Crippen molar-refractivity contribution in [3.05, 3.63) is 72.8 Å². The smallest absolute Gasteiger partial charge is 0.323 e. The summed E-state index contributed by atoms with van der Waals surface area (Å²) in [4.78, 5) is 14.7. The molecule has 34 heavy (non-hydrogen) atoms. The Kier molecular flexibility index (Phi) is 7.22. The van der Waals surface area contributed by atoms with Crippen molar-refractivity contribution >= 4 is 38.8 Å². The number of piperidine rings is 1. The number of rotatable bonds is 7. The number of amides is 2. The number of nitrogens with zero attached hydrogens (tertiary/aromatic N) is 1. The Bertz CT molecular complexity index is 1240. The number of anilines is 4. The molecule has 4 rings (SSSR count). The lowest BCUT2D eigenvalue weighted by molar-refractivity contribution is 0.262. The molecule has 3 N–H and O–H groups in total. The van der Waals surface area contributed by atoms with Crippen molar-refractivity contribution in [2.24, 2.45) is 0 Å². The predicted molar refractivity (Wildman–Crippen MR) is 135 cm³/mol. The number of sulfonamides is 1. The Morgan fingerprint density at radius 3 is 2.26 bits per heavy atom. The minimum absolute atomic E-state index is 0.0952. The number of urea groups is 1. The molecule has 8 nitrogen and oxygen atoms in total. The first-order valence-corrected chi connectivity index (χ1v) is 12.6. The van der Waals surface area contributed by atoms with Crippen molar-refractivity contribution in [2.75, 3.05) is 40.5 Å². The van der Waals surface area contributed by atoms with Gasteiger partial charge in [0.2, 0.25) is 0 Å². The van der Waals surface area contributed by atoms with Crippen LogP contribution in [0.15, 0.2) is 77.7 Å². The van der Waals surface area contributed by atoms with Crippen LogP contribution in [0.2, 0.25) is 0 Å². The van der Waals surface area contributed by atoms with Crippen molar-refractivity contribution in [3.63, 3.8) is 0 Å². The molecule has 0 radical (unpaired) electrons. The van der Waals surface area contributed by atoms with E-state index in [0.29, 0.717) is 28.5 Å². The molecule has 0 aliphatic carbocycles. The quantitative estimate of drug-likeness (QED) is 0.435. The van der Waals surface area contributed by atoms with Gasteiger partial charge >= 0.3 is 6.03 Å². The standard InChI is InChI=1S/C25H28N4O4S/c1-33-23-13-7-6-12-21(23)28-34(31,32)24-18-20(14-15-22(24)29-16-8-3-9-17-29)27-25(30)26-19-10-4-2-5-11-19/h2,4-7,10-15,18,28H,3,8-9,16-17H2,1H3,(H2,26,27,30). The van der Waals surface area contributed by atoms with Gasteiger partial charge in [0.1, 0.15) is 10.6 Å². The van der Waals surface area contributed by atoms with Gasteiger partial charge in [0.05, 0.1) is 18.5 Å².